The van der Waals surface area contributed by atoms with Gasteiger partial charge in [-0.05, 0) is 23.3 Å². The molecule has 3 heterocycles. The minimum atomic E-state index is -0.0656. The van der Waals surface area contributed by atoms with E-state index in [0.29, 0.717) is 36.3 Å². The van der Waals surface area contributed by atoms with Crippen molar-refractivity contribution in [2.24, 2.45) is 9.98 Å². The van der Waals surface area contributed by atoms with Gasteiger partial charge in [0.15, 0.2) is 0 Å². The fraction of sp³-hybridized carbons (Fsp3) is 0.174. The quantitative estimate of drug-likeness (QED) is 0.695. The molecule has 0 fully saturated rings. The van der Waals surface area contributed by atoms with Gasteiger partial charge in [0.1, 0.15) is 23.6 Å². The lowest BCUT2D eigenvalue weighted by Crippen LogP contribution is -2.12. The summed E-state index contributed by atoms with van der Waals surface area (Å²) in [4.78, 5) is 13.8. The van der Waals surface area contributed by atoms with Gasteiger partial charge in [-0.15, -0.1) is 0 Å². The van der Waals surface area contributed by atoms with E-state index in [9.17, 15) is 0 Å². The Morgan fingerprint density at radius 1 is 0.571 bits per heavy atom. The Balaban J connectivity index is 1.31. The first-order chi connectivity index (χ1) is 13.9. The van der Waals surface area contributed by atoms with Crippen LogP contribution in [0, 0.1) is 0 Å². The third-order valence-corrected chi connectivity index (χ3v) is 4.84. The maximum Gasteiger partial charge on any atom is 0.236 e. The summed E-state index contributed by atoms with van der Waals surface area (Å²) in [6, 6.07) is 26.0. The lowest BCUT2D eigenvalue weighted by molar-refractivity contribution is 0.228. The summed E-state index contributed by atoms with van der Waals surface area (Å²) in [6.07, 6.45) is -0.131. The normalized spacial score (nSPS) is 20.9. The third-order valence-electron chi connectivity index (χ3n) is 4.84. The van der Waals surface area contributed by atoms with E-state index >= 15 is 0 Å². The van der Waals surface area contributed by atoms with Crippen molar-refractivity contribution >= 4 is 11.8 Å². The van der Waals surface area contributed by atoms with Gasteiger partial charge in [0.25, 0.3) is 0 Å². The Labute approximate surface area is 163 Å². The van der Waals surface area contributed by atoms with Crippen molar-refractivity contribution in [1.29, 1.82) is 0 Å². The van der Waals surface area contributed by atoms with Crippen LogP contribution < -0.4 is 0 Å². The Kier molecular flexibility index (Phi) is 4.33. The van der Waals surface area contributed by atoms with E-state index in [1.54, 1.807) is 0 Å². The molecule has 0 radical (unpaired) electrons. The zero-order valence-corrected chi connectivity index (χ0v) is 15.2. The Hall–Kier alpha value is -3.47. The van der Waals surface area contributed by atoms with Crippen molar-refractivity contribution in [2.75, 3.05) is 13.1 Å². The highest BCUT2D eigenvalue weighted by molar-refractivity contribution is 5.97. The zero-order valence-electron chi connectivity index (χ0n) is 15.2. The van der Waals surface area contributed by atoms with Crippen LogP contribution in [0.1, 0.15) is 34.7 Å². The standard InChI is InChI=1S/C23H19N3O2/c1-3-8-16(9-4-1)20-14-24-22(27-20)18-12-7-13-19(26-18)23-25-15-21(28-23)17-10-5-2-6-11-17/h1-13,20-21H,14-15H2/t20-,21-/m0/s1. The molecule has 0 saturated heterocycles. The summed E-state index contributed by atoms with van der Waals surface area (Å²) < 4.78 is 12.1. The van der Waals surface area contributed by atoms with Crippen molar-refractivity contribution in [3.8, 4) is 0 Å². The van der Waals surface area contributed by atoms with Crippen LogP contribution in [0.3, 0.4) is 0 Å². The molecule has 2 aliphatic heterocycles. The fourth-order valence-corrected chi connectivity index (χ4v) is 3.39. The van der Waals surface area contributed by atoms with Crippen LogP contribution in [-0.4, -0.2) is 29.9 Å². The van der Waals surface area contributed by atoms with Gasteiger partial charge in [-0.25, -0.2) is 15.0 Å². The van der Waals surface area contributed by atoms with E-state index in [1.807, 2.05) is 54.6 Å². The van der Waals surface area contributed by atoms with Crippen molar-refractivity contribution in [2.45, 2.75) is 12.2 Å². The van der Waals surface area contributed by atoms with Crippen LogP contribution in [0.25, 0.3) is 0 Å². The highest BCUT2D eigenvalue weighted by Gasteiger charge is 2.26. The molecule has 0 aliphatic carbocycles. The summed E-state index contributed by atoms with van der Waals surface area (Å²) >= 11 is 0. The molecule has 0 saturated carbocycles. The first kappa shape index (κ1) is 16.7. The molecule has 2 atom stereocenters. The molecule has 0 unspecified atom stereocenters. The molecule has 0 amide bonds. The van der Waals surface area contributed by atoms with E-state index in [1.165, 1.54) is 0 Å². The predicted molar refractivity (Wildman–Crippen MR) is 108 cm³/mol. The van der Waals surface area contributed by atoms with Crippen LogP contribution in [0.5, 0.6) is 0 Å². The number of ether oxygens (including phenoxy) is 2. The van der Waals surface area contributed by atoms with Gasteiger partial charge in [0, 0.05) is 0 Å². The van der Waals surface area contributed by atoms with Crippen LogP contribution in [0.15, 0.2) is 88.8 Å². The molecule has 3 aromatic rings. The lowest BCUT2D eigenvalue weighted by atomic mass is 10.1. The van der Waals surface area contributed by atoms with E-state index in [2.05, 4.69) is 39.2 Å². The van der Waals surface area contributed by atoms with Crippen LogP contribution in [0.4, 0.5) is 0 Å². The molecule has 28 heavy (non-hydrogen) atoms. The Morgan fingerprint density at radius 2 is 1.04 bits per heavy atom. The van der Waals surface area contributed by atoms with Crippen LogP contribution in [-0.2, 0) is 9.47 Å². The summed E-state index contributed by atoms with van der Waals surface area (Å²) in [5.74, 6) is 1.13. The summed E-state index contributed by atoms with van der Waals surface area (Å²) in [5.41, 5.74) is 3.63. The molecular formula is C23H19N3O2. The number of hydrogen-bond donors (Lipinski definition) is 0. The highest BCUT2D eigenvalue weighted by atomic mass is 16.5. The second-order valence-electron chi connectivity index (χ2n) is 6.73. The summed E-state index contributed by atoms with van der Waals surface area (Å²) in [5, 5.41) is 0. The maximum absolute atomic E-state index is 6.05. The van der Waals surface area contributed by atoms with Gasteiger partial charge < -0.3 is 9.47 Å². The van der Waals surface area contributed by atoms with Crippen molar-refractivity contribution in [1.82, 2.24) is 4.98 Å². The molecule has 5 rings (SSSR count). The molecule has 0 spiro atoms. The van der Waals surface area contributed by atoms with Crippen LogP contribution >= 0.6 is 0 Å². The molecule has 2 aliphatic rings. The number of pyridine rings is 1. The smallest absolute Gasteiger partial charge is 0.236 e. The molecule has 1 aromatic heterocycles. The molecule has 0 bridgehead atoms. The van der Waals surface area contributed by atoms with Crippen molar-refractivity contribution < 1.29 is 9.47 Å². The lowest BCUT2D eigenvalue weighted by Gasteiger charge is -2.12. The third kappa shape index (κ3) is 3.27. The average Bonchev–Trinajstić information content (AvgIpc) is 3.46. The van der Waals surface area contributed by atoms with Crippen molar-refractivity contribution in [3.05, 3.63) is 101 Å². The zero-order chi connectivity index (χ0) is 18.8. The molecular weight excluding hydrogens is 350 g/mol. The number of benzene rings is 2. The predicted octanol–water partition coefficient (Wildman–Crippen LogP) is 4.12. The minimum absolute atomic E-state index is 0.0656. The summed E-state index contributed by atoms with van der Waals surface area (Å²) in [7, 11) is 0. The summed E-state index contributed by atoms with van der Waals surface area (Å²) in [6.45, 7) is 1.19. The first-order valence-electron chi connectivity index (χ1n) is 9.37. The van der Waals surface area contributed by atoms with Gasteiger partial charge in [-0.2, -0.15) is 0 Å². The van der Waals surface area contributed by atoms with Gasteiger partial charge in [0.2, 0.25) is 11.8 Å². The highest BCUT2D eigenvalue weighted by Crippen LogP contribution is 2.26. The van der Waals surface area contributed by atoms with Gasteiger partial charge in [0.05, 0.1) is 13.1 Å². The number of aromatic nitrogens is 1. The van der Waals surface area contributed by atoms with Crippen molar-refractivity contribution in [3.63, 3.8) is 0 Å². The second-order valence-corrected chi connectivity index (χ2v) is 6.73. The number of aliphatic imine (C=N–C) groups is 2. The SMILES string of the molecule is c1ccc([C@@H]2CN=C(c3cccc(C4=NC[C@@H](c5ccccc5)O4)n3)O2)cc1. The van der Waals surface area contributed by atoms with E-state index < -0.39 is 0 Å². The van der Waals surface area contributed by atoms with Gasteiger partial charge >= 0.3 is 0 Å². The Morgan fingerprint density at radius 3 is 1.50 bits per heavy atom. The van der Waals surface area contributed by atoms with Crippen LogP contribution in [0.2, 0.25) is 0 Å². The van der Waals surface area contributed by atoms with E-state index in [-0.39, 0.29) is 12.2 Å². The first-order valence-corrected chi connectivity index (χ1v) is 9.37. The molecule has 138 valence electrons. The topological polar surface area (TPSA) is 56.1 Å². The minimum Gasteiger partial charge on any atom is -0.466 e. The monoisotopic (exact) mass is 369 g/mol. The molecule has 0 N–H and O–H groups in total. The Bertz CT molecular complexity index is 951. The molecule has 5 nitrogen and oxygen atoms in total. The van der Waals surface area contributed by atoms with Gasteiger partial charge in [-0.3, -0.25) is 0 Å². The molecule has 2 aromatic carbocycles. The van der Waals surface area contributed by atoms with Gasteiger partial charge in [-0.1, -0.05) is 66.7 Å². The molecule has 5 heteroatoms. The number of rotatable bonds is 4. The number of hydrogen-bond acceptors (Lipinski definition) is 5. The fourth-order valence-electron chi connectivity index (χ4n) is 3.39. The number of nitrogens with zero attached hydrogens (tertiary/aromatic N) is 3. The van der Waals surface area contributed by atoms with E-state index in [0.717, 1.165) is 11.1 Å². The van der Waals surface area contributed by atoms with E-state index in [4.69, 9.17) is 9.47 Å². The largest absolute Gasteiger partial charge is 0.466 e. The maximum atomic E-state index is 6.05. The average molecular weight is 369 g/mol. The second kappa shape index (κ2) is 7.27.